The number of aromatic nitrogens is 4. The van der Waals surface area contributed by atoms with Crippen molar-refractivity contribution in [3.05, 3.63) is 11.4 Å². The summed E-state index contributed by atoms with van der Waals surface area (Å²) >= 11 is 0. The Morgan fingerprint density at radius 3 is 2.90 bits per heavy atom. The molecule has 1 aromatic rings. The normalized spacial score (nSPS) is 16.2. The van der Waals surface area contributed by atoms with Gasteiger partial charge in [0.1, 0.15) is 0 Å². The summed E-state index contributed by atoms with van der Waals surface area (Å²) in [5.41, 5.74) is 2.54. The lowest BCUT2D eigenvalue weighted by molar-refractivity contribution is 0.653. The van der Waals surface area contributed by atoms with Gasteiger partial charge >= 0.3 is 0 Å². The molecule has 4 heteroatoms. The molecule has 0 amide bonds. The minimum absolute atomic E-state index is 0.855. The van der Waals surface area contributed by atoms with Crippen molar-refractivity contribution in [3.63, 3.8) is 0 Å². The number of hydrogen-bond acceptors (Lipinski definition) is 3. The smallest absolute Gasteiger partial charge is 0.177 e. The van der Waals surface area contributed by atoms with E-state index in [9.17, 15) is 0 Å². The summed E-state index contributed by atoms with van der Waals surface area (Å²) in [4.78, 5) is 0. The maximum absolute atomic E-state index is 3.87. The molecular weight excluding hydrogens is 128 g/mol. The van der Waals surface area contributed by atoms with E-state index in [0.717, 1.165) is 12.4 Å². The van der Waals surface area contributed by atoms with Crippen molar-refractivity contribution in [1.29, 1.82) is 0 Å². The molecule has 1 aliphatic rings. The Morgan fingerprint density at radius 1 is 1.40 bits per heavy atom. The second-order valence-electron chi connectivity index (χ2n) is 2.57. The van der Waals surface area contributed by atoms with Gasteiger partial charge in [-0.1, -0.05) is 0 Å². The summed E-state index contributed by atoms with van der Waals surface area (Å²) in [5.74, 6) is 0.914. The molecule has 4 nitrogen and oxygen atoms in total. The quantitative estimate of drug-likeness (QED) is 0.521. The highest BCUT2D eigenvalue weighted by Crippen LogP contribution is 2.22. The third-order valence-electron chi connectivity index (χ3n) is 1.89. The van der Waals surface area contributed by atoms with Crippen LogP contribution >= 0.6 is 0 Å². The zero-order valence-corrected chi connectivity index (χ0v) is 6.00. The standard InChI is InChI=1S/C6H8N4/c1-4-3-10-6(5(4)2)7-8-9-10/h3H2,1-2H3. The van der Waals surface area contributed by atoms with Crippen LogP contribution < -0.4 is 0 Å². The van der Waals surface area contributed by atoms with Crippen LogP contribution in [0.15, 0.2) is 5.57 Å². The van der Waals surface area contributed by atoms with E-state index in [1.807, 2.05) is 11.6 Å². The average Bonchev–Trinajstić information content (AvgIpc) is 2.41. The Morgan fingerprint density at radius 2 is 2.20 bits per heavy atom. The van der Waals surface area contributed by atoms with Gasteiger partial charge in [-0.2, -0.15) is 0 Å². The van der Waals surface area contributed by atoms with Crippen LogP contribution in [0.2, 0.25) is 0 Å². The van der Waals surface area contributed by atoms with E-state index in [1.165, 1.54) is 11.1 Å². The molecule has 0 saturated heterocycles. The summed E-state index contributed by atoms with van der Waals surface area (Å²) in [6.07, 6.45) is 0. The number of nitrogens with zero attached hydrogens (tertiary/aromatic N) is 4. The lowest BCUT2D eigenvalue weighted by Gasteiger charge is -1.88. The molecular formula is C6H8N4. The van der Waals surface area contributed by atoms with Gasteiger partial charge in [-0.15, -0.1) is 5.10 Å². The minimum atomic E-state index is 0.855. The van der Waals surface area contributed by atoms with Crippen LogP contribution in [0.4, 0.5) is 0 Å². The van der Waals surface area contributed by atoms with Crippen molar-refractivity contribution in [1.82, 2.24) is 20.2 Å². The molecule has 0 aromatic carbocycles. The molecule has 0 bridgehead atoms. The molecule has 10 heavy (non-hydrogen) atoms. The molecule has 0 N–H and O–H groups in total. The minimum Gasteiger partial charge on any atom is -0.222 e. The first-order chi connectivity index (χ1) is 4.79. The van der Waals surface area contributed by atoms with E-state index in [0.29, 0.717) is 0 Å². The molecule has 0 radical (unpaired) electrons. The van der Waals surface area contributed by atoms with Crippen LogP contribution in [0.3, 0.4) is 0 Å². The van der Waals surface area contributed by atoms with Gasteiger partial charge in [0.2, 0.25) is 0 Å². The van der Waals surface area contributed by atoms with Crippen molar-refractivity contribution in [2.75, 3.05) is 0 Å². The third-order valence-corrected chi connectivity index (χ3v) is 1.89. The topological polar surface area (TPSA) is 43.6 Å². The Balaban J connectivity index is 2.60. The van der Waals surface area contributed by atoms with Crippen LogP contribution in [0.25, 0.3) is 5.57 Å². The van der Waals surface area contributed by atoms with Crippen LogP contribution in [0, 0.1) is 0 Å². The van der Waals surface area contributed by atoms with Crippen molar-refractivity contribution >= 4 is 5.57 Å². The fourth-order valence-corrected chi connectivity index (χ4v) is 1.11. The van der Waals surface area contributed by atoms with Crippen molar-refractivity contribution in [3.8, 4) is 0 Å². The highest BCUT2D eigenvalue weighted by Gasteiger charge is 2.17. The van der Waals surface area contributed by atoms with Gasteiger partial charge in [0.15, 0.2) is 5.82 Å². The second-order valence-corrected chi connectivity index (χ2v) is 2.57. The molecule has 0 fully saturated rings. The Bertz CT molecular complexity index is 296. The molecule has 1 aromatic heterocycles. The SMILES string of the molecule is CC1=C(C)c2nnnn2C1. The monoisotopic (exact) mass is 136 g/mol. The molecule has 0 saturated carbocycles. The third kappa shape index (κ3) is 0.531. The van der Waals surface area contributed by atoms with Crippen LogP contribution in [-0.4, -0.2) is 20.2 Å². The van der Waals surface area contributed by atoms with E-state index in [4.69, 9.17) is 0 Å². The summed E-state index contributed by atoms with van der Waals surface area (Å²) in [7, 11) is 0. The fourth-order valence-electron chi connectivity index (χ4n) is 1.11. The second kappa shape index (κ2) is 1.65. The van der Waals surface area contributed by atoms with Gasteiger partial charge in [-0.25, -0.2) is 4.68 Å². The first-order valence-electron chi connectivity index (χ1n) is 3.22. The molecule has 2 rings (SSSR count). The molecule has 52 valence electrons. The number of hydrogen-bond donors (Lipinski definition) is 0. The maximum Gasteiger partial charge on any atom is 0.177 e. The summed E-state index contributed by atoms with van der Waals surface area (Å²) < 4.78 is 1.81. The molecule has 0 atom stereocenters. The highest BCUT2D eigenvalue weighted by atomic mass is 15.5. The highest BCUT2D eigenvalue weighted by molar-refractivity contribution is 5.63. The van der Waals surface area contributed by atoms with E-state index >= 15 is 0 Å². The Labute approximate surface area is 58.5 Å². The number of allylic oxidation sites excluding steroid dienone is 2. The largest absolute Gasteiger partial charge is 0.222 e. The Hall–Kier alpha value is -1.19. The zero-order chi connectivity index (χ0) is 7.14. The lowest BCUT2D eigenvalue weighted by atomic mass is 10.2. The van der Waals surface area contributed by atoms with Gasteiger partial charge in [-0.3, -0.25) is 0 Å². The summed E-state index contributed by atoms with van der Waals surface area (Å²) in [6.45, 7) is 4.99. The first kappa shape index (κ1) is 5.58. The number of rotatable bonds is 0. The van der Waals surface area contributed by atoms with E-state index in [-0.39, 0.29) is 0 Å². The van der Waals surface area contributed by atoms with Crippen LogP contribution in [-0.2, 0) is 6.54 Å². The van der Waals surface area contributed by atoms with Gasteiger partial charge in [0.25, 0.3) is 0 Å². The van der Waals surface area contributed by atoms with Gasteiger partial charge < -0.3 is 0 Å². The first-order valence-corrected chi connectivity index (χ1v) is 3.22. The van der Waals surface area contributed by atoms with Gasteiger partial charge in [0, 0.05) is 0 Å². The predicted molar refractivity (Wildman–Crippen MR) is 36.1 cm³/mol. The Kier molecular flexibility index (Phi) is 0.922. The summed E-state index contributed by atoms with van der Waals surface area (Å²) in [5, 5.41) is 11.2. The number of tetrazole rings is 1. The number of fused-ring (bicyclic) bond motifs is 1. The zero-order valence-electron chi connectivity index (χ0n) is 6.00. The molecule has 0 spiro atoms. The van der Waals surface area contributed by atoms with E-state index in [2.05, 4.69) is 22.4 Å². The molecule has 0 unspecified atom stereocenters. The van der Waals surface area contributed by atoms with E-state index < -0.39 is 0 Å². The average molecular weight is 136 g/mol. The van der Waals surface area contributed by atoms with E-state index in [1.54, 1.807) is 0 Å². The lowest BCUT2D eigenvalue weighted by Crippen LogP contribution is -1.96. The predicted octanol–water partition coefficient (Wildman–Crippen LogP) is 0.480. The van der Waals surface area contributed by atoms with Crippen molar-refractivity contribution in [2.45, 2.75) is 20.4 Å². The summed E-state index contributed by atoms with van der Waals surface area (Å²) in [6, 6.07) is 0. The molecule has 1 aliphatic heterocycles. The molecule has 0 aliphatic carbocycles. The van der Waals surface area contributed by atoms with Crippen LogP contribution in [0.5, 0.6) is 0 Å². The maximum atomic E-state index is 3.87. The fraction of sp³-hybridized carbons (Fsp3) is 0.500. The van der Waals surface area contributed by atoms with Gasteiger partial charge in [-0.05, 0) is 35.4 Å². The molecule has 2 heterocycles. The van der Waals surface area contributed by atoms with Crippen molar-refractivity contribution in [2.24, 2.45) is 0 Å². The van der Waals surface area contributed by atoms with Crippen LogP contribution in [0.1, 0.15) is 19.7 Å². The van der Waals surface area contributed by atoms with Gasteiger partial charge in [0.05, 0.1) is 6.54 Å². The van der Waals surface area contributed by atoms with Crippen molar-refractivity contribution < 1.29 is 0 Å².